The van der Waals surface area contributed by atoms with E-state index >= 15 is 0 Å². The molecule has 1 heterocycles. The van der Waals surface area contributed by atoms with Gasteiger partial charge >= 0.3 is 0 Å². The van der Waals surface area contributed by atoms with E-state index in [4.69, 9.17) is 0 Å². The molecule has 1 N–H and O–H groups in total. The number of hydrogen-bond acceptors (Lipinski definition) is 5. The van der Waals surface area contributed by atoms with Gasteiger partial charge in [-0.15, -0.1) is 5.10 Å². The molecule has 2 amide bonds. The van der Waals surface area contributed by atoms with E-state index in [-0.39, 0.29) is 23.6 Å². The minimum absolute atomic E-state index is 0.148. The molecule has 0 saturated heterocycles. The van der Waals surface area contributed by atoms with E-state index in [1.807, 2.05) is 62.4 Å². The molecule has 3 aromatic rings. The predicted molar refractivity (Wildman–Crippen MR) is 122 cm³/mol. The minimum Gasteiger partial charge on any atom is -0.351 e. The molecule has 0 spiro atoms. The van der Waals surface area contributed by atoms with E-state index in [0.29, 0.717) is 5.69 Å². The maximum absolute atomic E-state index is 13.7. The summed E-state index contributed by atoms with van der Waals surface area (Å²) < 4.78 is 3.86. The number of aromatic nitrogens is 2. The molecule has 1 fully saturated rings. The van der Waals surface area contributed by atoms with Gasteiger partial charge in [0.1, 0.15) is 6.04 Å². The van der Waals surface area contributed by atoms with E-state index in [9.17, 15) is 9.59 Å². The Balaban J connectivity index is 1.83. The van der Waals surface area contributed by atoms with Crippen LogP contribution in [0.25, 0.3) is 0 Å². The summed E-state index contributed by atoms with van der Waals surface area (Å²) in [6, 6.07) is 14.6. The van der Waals surface area contributed by atoms with Gasteiger partial charge in [-0.2, -0.15) is 0 Å². The van der Waals surface area contributed by atoms with E-state index in [2.05, 4.69) is 14.9 Å². The zero-order valence-electron chi connectivity index (χ0n) is 17.7. The molecule has 1 atom stereocenters. The van der Waals surface area contributed by atoms with Crippen molar-refractivity contribution < 1.29 is 9.59 Å². The summed E-state index contributed by atoms with van der Waals surface area (Å²) in [5.41, 5.74) is 3.70. The van der Waals surface area contributed by atoms with Crippen LogP contribution in [0.3, 0.4) is 0 Å². The number of aryl methyl sites for hydroxylation is 1. The van der Waals surface area contributed by atoms with Crippen LogP contribution in [-0.4, -0.2) is 27.4 Å². The molecular formula is C24H26N4O2S. The van der Waals surface area contributed by atoms with Gasteiger partial charge in [0.25, 0.3) is 5.91 Å². The Kier molecular flexibility index (Phi) is 6.42. The Labute approximate surface area is 186 Å². The molecule has 7 heteroatoms. The molecule has 0 radical (unpaired) electrons. The SMILES string of the molecule is Cc1cccc(N(C(=O)c2csnn2)C(C(=O)NC2CCCC2)c2ccccc2)c1C. The van der Waals surface area contributed by atoms with Gasteiger partial charge < -0.3 is 5.32 Å². The summed E-state index contributed by atoms with van der Waals surface area (Å²) in [6.07, 6.45) is 4.18. The Hall–Kier alpha value is -3.06. The molecule has 1 aromatic heterocycles. The standard InChI is InChI=1S/C24H26N4O2S/c1-16-9-8-14-21(17(16)2)28(24(30)20-15-31-27-26-20)22(18-10-4-3-5-11-18)23(29)25-19-12-6-7-13-19/h3-5,8-11,14-15,19,22H,6-7,12-13H2,1-2H3,(H,25,29). The van der Waals surface area contributed by atoms with Gasteiger partial charge in [0.2, 0.25) is 5.91 Å². The summed E-state index contributed by atoms with van der Waals surface area (Å²) in [5, 5.41) is 8.82. The first-order chi connectivity index (χ1) is 15.1. The van der Waals surface area contributed by atoms with Crippen LogP contribution in [-0.2, 0) is 4.79 Å². The zero-order valence-corrected chi connectivity index (χ0v) is 18.6. The molecule has 4 rings (SSSR count). The second kappa shape index (κ2) is 9.39. The first-order valence-electron chi connectivity index (χ1n) is 10.6. The number of rotatable bonds is 6. The van der Waals surface area contributed by atoms with Crippen molar-refractivity contribution in [2.75, 3.05) is 4.90 Å². The topological polar surface area (TPSA) is 75.2 Å². The maximum Gasteiger partial charge on any atom is 0.280 e. The second-order valence-electron chi connectivity index (χ2n) is 7.99. The normalized spacial score (nSPS) is 14.9. The number of nitrogens with one attached hydrogen (secondary N) is 1. The fourth-order valence-corrected chi connectivity index (χ4v) is 4.58. The number of benzene rings is 2. The van der Waals surface area contributed by atoms with Crippen molar-refractivity contribution in [1.82, 2.24) is 14.9 Å². The average Bonchev–Trinajstić information content (AvgIpc) is 3.49. The lowest BCUT2D eigenvalue weighted by Gasteiger charge is -2.33. The molecule has 160 valence electrons. The highest BCUT2D eigenvalue weighted by atomic mass is 32.1. The number of carbonyl (C=O) groups is 2. The third kappa shape index (κ3) is 4.51. The fourth-order valence-electron chi connectivity index (χ4n) is 4.15. The van der Waals surface area contributed by atoms with Gasteiger partial charge in [0.05, 0.1) is 0 Å². The molecule has 1 aliphatic carbocycles. The molecule has 1 unspecified atom stereocenters. The summed E-state index contributed by atoms with van der Waals surface area (Å²) in [4.78, 5) is 28.9. The van der Waals surface area contributed by atoms with Crippen molar-refractivity contribution in [2.24, 2.45) is 0 Å². The molecular weight excluding hydrogens is 408 g/mol. The molecule has 31 heavy (non-hydrogen) atoms. The highest BCUT2D eigenvalue weighted by Crippen LogP contribution is 2.33. The van der Waals surface area contributed by atoms with Crippen LogP contribution in [0.4, 0.5) is 5.69 Å². The highest BCUT2D eigenvalue weighted by molar-refractivity contribution is 7.03. The Morgan fingerprint density at radius 1 is 1.06 bits per heavy atom. The van der Waals surface area contributed by atoms with Gasteiger partial charge in [-0.1, -0.05) is 59.8 Å². The first kappa shape index (κ1) is 21.2. The van der Waals surface area contributed by atoms with Gasteiger partial charge in [0, 0.05) is 17.1 Å². The lowest BCUT2D eigenvalue weighted by molar-refractivity contribution is -0.123. The van der Waals surface area contributed by atoms with Crippen LogP contribution in [0.5, 0.6) is 0 Å². The van der Waals surface area contributed by atoms with E-state index in [0.717, 1.165) is 53.9 Å². The molecule has 2 aromatic carbocycles. The van der Waals surface area contributed by atoms with Crippen LogP contribution in [0.15, 0.2) is 53.9 Å². The van der Waals surface area contributed by atoms with E-state index in [1.165, 1.54) is 0 Å². The molecule has 6 nitrogen and oxygen atoms in total. The van der Waals surface area contributed by atoms with Crippen molar-refractivity contribution in [1.29, 1.82) is 0 Å². The van der Waals surface area contributed by atoms with Gasteiger partial charge in [-0.05, 0) is 61.0 Å². The molecule has 0 aliphatic heterocycles. The third-order valence-electron chi connectivity index (χ3n) is 5.96. The highest BCUT2D eigenvalue weighted by Gasteiger charge is 2.36. The molecule has 0 bridgehead atoms. The van der Waals surface area contributed by atoms with Crippen LogP contribution in [0.2, 0.25) is 0 Å². The number of amides is 2. The number of carbonyl (C=O) groups excluding carboxylic acids is 2. The lowest BCUT2D eigenvalue weighted by Crippen LogP contribution is -2.46. The summed E-state index contributed by atoms with van der Waals surface area (Å²) in [7, 11) is 0. The Morgan fingerprint density at radius 3 is 2.48 bits per heavy atom. The van der Waals surface area contributed by atoms with Gasteiger partial charge in [0.15, 0.2) is 5.69 Å². The summed E-state index contributed by atoms with van der Waals surface area (Å²) in [5.74, 6) is -0.506. The summed E-state index contributed by atoms with van der Waals surface area (Å²) >= 11 is 1.12. The lowest BCUT2D eigenvalue weighted by atomic mass is 9.99. The van der Waals surface area contributed by atoms with Crippen molar-refractivity contribution in [3.05, 3.63) is 76.3 Å². The second-order valence-corrected chi connectivity index (χ2v) is 8.60. The average molecular weight is 435 g/mol. The van der Waals surface area contributed by atoms with Crippen LogP contribution >= 0.6 is 11.5 Å². The van der Waals surface area contributed by atoms with Gasteiger partial charge in [-0.3, -0.25) is 14.5 Å². The number of nitrogens with zero attached hydrogens (tertiary/aromatic N) is 3. The molecule has 1 aliphatic rings. The van der Waals surface area contributed by atoms with Crippen LogP contribution in [0.1, 0.15) is 58.9 Å². The fraction of sp³-hybridized carbons (Fsp3) is 0.333. The van der Waals surface area contributed by atoms with Crippen molar-refractivity contribution in [3.8, 4) is 0 Å². The Bertz CT molecular complexity index is 1050. The van der Waals surface area contributed by atoms with E-state index < -0.39 is 6.04 Å². The van der Waals surface area contributed by atoms with E-state index in [1.54, 1.807) is 10.3 Å². The van der Waals surface area contributed by atoms with Crippen molar-refractivity contribution in [2.45, 2.75) is 51.6 Å². The zero-order chi connectivity index (χ0) is 21.8. The monoisotopic (exact) mass is 434 g/mol. The molecule has 1 saturated carbocycles. The first-order valence-corrected chi connectivity index (χ1v) is 11.4. The van der Waals surface area contributed by atoms with Gasteiger partial charge in [-0.25, -0.2) is 0 Å². The maximum atomic E-state index is 13.7. The minimum atomic E-state index is -0.809. The van der Waals surface area contributed by atoms with Crippen molar-refractivity contribution in [3.63, 3.8) is 0 Å². The van der Waals surface area contributed by atoms with Crippen molar-refractivity contribution >= 4 is 29.0 Å². The predicted octanol–water partition coefficient (Wildman–Crippen LogP) is 4.60. The number of hydrogen-bond donors (Lipinski definition) is 1. The third-order valence-corrected chi connectivity index (χ3v) is 6.46. The number of anilines is 1. The Morgan fingerprint density at radius 2 is 1.81 bits per heavy atom. The van der Waals surface area contributed by atoms with Crippen LogP contribution < -0.4 is 10.2 Å². The van der Waals surface area contributed by atoms with Crippen LogP contribution in [0, 0.1) is 13.8 Å². The quantitative estimate of drug-likeness (QED) is 0.615. The largest absolute Gasteiger partial charge is 0.351 e. The summed E-state index contributed by atoms with van der Waals surface area (Å²) in [6.45, 7) is 3.98. The smallest absolute Gasteiger partial charge is 0.280 e.